The molecule has 0 radical (unpaired) electrons. The summed E-state index contributed by atoms with van der Waals surface area (Å²) >= 11 is 3.12. The van der Waals surface area contributed by atoms with Crippen molar-refractivity contribution in [2.75, 3.05) is 18.2 Å². The van der Waals surface area contributed by atoms with E-state index in [1.807, 2.05) is 18.4 Å². The first-order valence-corrected chi connectivity index (χ1v) is 9.21. The molecular weight excluding hydrogens is 362 g/mol. The van der Waals surface area contributed by atoms with Gasteiger partial charge < -0.3 is 10.1 Å². The first-order valence-electron chi connectivity index (χ1n) is 7.17. The fourth-order valence-electron chi connectivity index (χ4n) is 2.14. The molecule has 0 atom stereocenters. The Hall–Kier alpha value is -2.65. The minimum atomic E-state index is -0.547. The molecule has 2 aromatic carbocycles. The average molecular weight is 375 g/mol. The molecule has 1 aromatic heterocycles. The number of nitro benzene ring substituents is 1. The van der Waals surface area contributed by atoms with Crippen LogP contribution in [0.5, 0.6) is 5.75 Å². The van der Waals surface area contributed by atoms with Crippen LogP contribution in [0.3, 0.4) is 0 Å². The number of thiazole rings is 1. The van der Waals surface area contributed by atoms with Crippen LogP contribution in [-0.4, -0.2) is 28.7 Å². The summed E-state index contributed by atoms with van der Waals surface area (Å²) in [6.07, 6.45) is 1.96. The van der Waals surface area contributed by atoms with Gasteiger partial charge in [0.1, 0.15) is 0 Å². The molecule has 0 saturated carbocycles. The molecule has 0 bridgehead atoms. The van der Waals surface area contributed by atoms with Gasteiger partial charge in [0.15, 0.2) is 16.7 Å². The summed E-state index contributed by atoms with van der Waals surface area (Å²) in [7, 11) is 0. The van der Waals surface area contributed by atoms with Gasteiger partial charge in [0, 0.05) is 11.8 Å². The highest BCUT2D eigenvalue weighted by Gasteiger charge is 2.15. The standard InChI is InChI=1S/C16H13N3O4S2/c1-24-16-18-11-7-6-10(8-14(11)25-16)17-15(20)9-23-13-5-3-2-4-12(13)19(21)22/h2-8H,9H2,1H3,(H,17,20). The third-order valence-corrected chi connectivity index (χ3v) is 5.25. The van der Waals surface area contributed by atoms with E-state index in [-0.39, 0.29) is 18.0 Å². The van der Waals surface area contributed by atoms with Crippen LogP contribution >= 0.6 is 23.1 Å². The fraction of sp³-hybridized carbons (Fsp3) is 0.125. The lowest BCUT2D eigenvalue weighted by Crippen LogP contribution is -2.20. The quantitative estimate of drug-likeness (QED) is 0.398. The van der Waals surface area contributed by atoms with Gasteiger partial charge in [-0.2, -0.15) is 0 Å². The Morgan fingerprint density at radius 2 is 2.16 bits per heavy atom. The smallest absolute Gasteiger partial charge is 0.310 e. The number of hydrogen-bond donors (Lipinski definition) is 1. The minimum absolute atomic E-state index is 0.0603. The lowest BCUT2D eigenvalue weighted by atomic mass is 10.3. The van der Waals surface area contributed by atoms with Gasteiger partial charge in [-0.15, -0.1) is 11.3 Å². The predicted octanol–water partition coefficient (Wildman–Crippen LogP) is 3.94. The summed E-state index contributed by atoms with van der Waals surface area (Å²) in [4.78, 5) is 26.9. The lowest BCUT2D eigenvalue weighted by molar-refractivity contribution is -0.385. The fourth-order valence-corrected chi connectivity index (χ4v) is 3.67. The van der Waals surface area contributed by atoms with Gasteiger partial charge in [-0.3, -0.25) is 14.9 Å². The number of hydrogen-bond acceptors (Lipinski definition) is 7. The monoisotopic (exact) mass is 375 g/mol. The van der Waals surface area contributed by atoms with Crippen LogP contribution in [0.2, 0.25) is 0 Å². The number of para-hydroxylation sites is 2. The molecule has 3 aromatic rings. The van der Waals surface area contributed by atoms with Crippen molar-refractivity contribution in [1.29, 1.82) is 0 Å². The Morgan fingerprint density at radius 3 is 2.92 bits per heavy atom. The molecule has 1 heterocycles. The number of benzene rings is 2. The summed E-state index contributed by atoms with van der Waals surface area (Å²) in [5.74, 6) is -0.336. The SMILES string of the molecule is CSc1nc2ccc(NC(=O)COc3ccccc3[N+](=O)[O-])cc2s1. The number of aromatic nitrogens is 1. The van der Waals surface area contributed by atoms with Crippen molar-refractivity contribution in [1.82, 2.24) is 4.98 Å². The number of nitrogens with zero attached hydrogens (tertiary/aromatic N) is 2. The maximum Gasteiger partial charge on any atom is 0.310 e. The van der Waals surface area contributed by atoms with Crippen LogP contribution in [0.25, 0.3) is 10.2 Å². The molecule has 0 spiro atoms. The van der Waals surface area contributed by atoms with Crippen molar-refractivity contribution in [3.8, 4) is 5.75 Å². The van der Waals surface area contributed by atoms with E-state index in [4.69, 9.17) is 4.74 Å². The van der Waals surface area contributed by atoms with Gasteiger partial charge in [-0.1, -0.05) is 23.9 Å². The molecule has 25 heavy (non-hydrogen) atoms. The maximum atomic E-state index is 12.0. The van der Waals surface area contributed by atoms with E-state index in [9.17, 15) is 14.9 Å². The second-order valence-corrected chi connectivity index (χ2v) is 7.01. The molecule has 0 aliphatic carbocycles. The molecule has 0 aliphatic heterocycles. The molecule has 7 nitrogen and oxygen atoms in total. The molecule has 0 saturated heterocycles. The third kappa shape index (κ3) is 4.06. The number of nitrogens with one attached hydrogen (secondary N) is 1. The summed E-state index contributed by atoms with van der Waals surface area (Å²) in [6.45, 7) is -0.318. The highest BCUT2D eigenvalue weighted by molar-refractivity contribution is 8.00. The first kappa shape index (κ1) is 17.2. The Morgan fingerprint density at radius 1 is 1.36 bits per heavy atom. The van der Waals surface area contributed by atoms with E-state index >= 15 is 0 Å². The Labute approximate surface area is 151 Å². The van der Waals surface area contributed by atoms with Crippen LogP contribution in [0.1, 0.15) is 0 Å². The highest BCUT2D eigenvalue weighted by Crippen LogP contribution is 2.30. The van der Waals surface area contributed by atoms with Crippen LogP contribution in [0, 0.1) is 10.1 Å². The van der Waals surface area contributed by atoms with Gasteiger partial charge in [-0.25, -0.2) is 4.98 Å². The van der Waals surface area contributed by atoms with Gasteiger partial charge in [0.25, 0.3) is 5.91 Å². The van der Waals surface area contributed by atoms with E-state index in [0.29, 0.717) is 5.69 Å². The van der Waals surface area contributed by atoms with Gasteiger partial charge >= 0.3 is 5.69 Å². The number of amides is 1. The van der Waals surface area contributed by atoms with Crippen LogP contribution in [-0.2, 0) is 4.79 Å². The summed E-state index contributed by atoms with van der Waals surface area (Å²) in [5.41, 5.74) is 1.33. The van der Waals surface area contributed by atoms with Gasteiger partial charge in [-0.05, 0) is 30.5 Å². The molecule has 1 amide bonds. The van der Waals surface area contributed by atoms with E-state index in [1.165, 1.54) is 18.2 Å². The number of carbonyl (C=O) groups excluding carboxylic acids is 1. The predicted molar refractivity (Wildman–Crippen MR) is 98.6 cm³/mol. The van der Waals surface area contributed by atoms with Gasteiger partial charge in [0.2, 0.25) is 0 Å². The summed E-state index contributed by atoms with van der Waals surface area (Å²) < 4.78 is 7.21. The maximum absolute atomic E-state index is 12.0. The molecule has 0 fully saturated rings. The highest BCUT2D eigenvalue weighted by atomic mass is 32.2. The van der Waals surface area contributed by atoms with Crippen LogP contribution in [0.15, 0.2) is 46.8 Å². The Balaban J connectivity index is 1.66. The van der Waals surface area contributed by atoms with Crippen LogP contribution in [0.4, 0.5) is 11.4 Å². The first-order chi connectivity index (χ1) is 12.1. The lowest BCUT2D eigenvalue weighted by Gasteiger charge is -2.07. The summed E-state index contributed by atoms with van der Waals surface area (Å²) in [5, 5.41) is 13.6. The number of rotatable bonds is 6. The van der Waals surface area contributed by atoms with Crippen molar-refractivity contribution in [3.63, 3.8) is 0 Å². The molecule has 3 rings (SSSR count). The zero-order valence-electron chi connectivity index (χ0n) is 13.1. The molecule has 128 valence electrons. The van der Waals surface area contributed by atoms with E-state index in [2.05, 4.69) is 10.3 Å². The van der Waals surface area contributed by atoms with Crippen molar-refractivity contribution in [3.05, 3.63) is 52.6 Å². The number of ether oxygens (including phenoxy) is 1. The Kier molecular flexibility index (Phi) is 5.15. The van der Waals surface area contributed by atoms with E-state index < -0.39 is 10.8 Å². The summed E-state index contributed by atoms with van der Waals surface area (Å²) in [6, 6.07) is 11.4. The molecule has 0 unspecified atom stereocenters. The van der Waals surface area contributed by atoms with E-state index in [1.54, 1.807) is 35.2 Å². The van der Waals surface area contributed by atoms with E-state index in [0.717, 1.165) is 14.6 Å². The second kappa shape index (κ2) is 7.49. The van der Waals surface area contributed by atoms with Gasteiger partial charge in [0.05, 0.1) is 15.1 Å². The minimum Gasteiger partial charge on any atom is -0.477 e. The molecular formula is C16H13N3O4S2. The molecule has 0 aliphatic rings. The third-order valence-electron chi connectivity index (χ3n) is 3.25. The number of carbonyl (C=O) groups is 1. The average Bonchev–Trinajstić information content (AvgIpc) is 3.02. The zero-order chi connectivity index (χ0) is 17.8. The molecule has 9 heteroatoms. The van der Waals surface area contributed by atoms with Crippen molar-refractivity contribution >= 4 is 50.6 Å². The normalized spacial score (nSPS) is 10.6. The number of anilines is 1. The molecule has 1 N–H and O–H groups in total. The second-order valence-electron chi connectivity index (χ2n) is 4.93. The van der Waals surface area contributed by atoms with Crippen molar-refractivity contribution < 1.29 is 14.5 Å². The number of nitro groups is 1. The van der Waals surface area contributed by atoms with Crippen LogP contribution < -0.4 is 10.1 Å². The zero-order valence-corrected chi connectivity index (χ0v) is 14.7. The van der Waals surface area contributed by atoms with Crippen molar-refractivity contribution in [2.24, 2.45) is 0 Å². The topological polar surface area (TPSA) is 94.4 Å². The largest absolute Gasteiger partial charge is 0.477 e. The Bertz CT molecular complexity index is 942. The number of thioether (sulfide) groups is 1. The van der Waals surface area contributed by atoms with Crippen molar-refractivity contribution in [2.45, 2.75) is 4.34 Å². The number of fused-ring (bicyclic) bond motifs is 1.